The van der Waals surface area contributed by atoms with E-state index in [4.69, 9.17) is 4.74 Å². The van der Waals surface area contributed by atoms with Crippen LogP contribution in [-0.4, -0.2) is 59.9 Å². The molecule has 2 saturated heterocycles. The fraction of sp³-hybridized carbons (Fsp3) is 0.348. The van der Waals surface area contributed by atoms with Gasteiger partial charge in [0.25, 0.3) is 0 Å². The van der Waals surface area contributed by atoms with Crippen LogP contribution in [0.4, 0.5) is 26.0 Å². The smallest absolute Gasteiger partial charge is 0.148 e. The Bertz CT molecular complexity index is 1050. The number of ether oxygens (including phenoxy) is 1. The number of rotatable bonds is 5. The van der Waals surface area contributed by atoms with Crippen LogP contribution in [0.3, 0.4) is 0 Å². The Labute approximate surface area is 180 Å². The van der Waals surface area contributed by atoms with Gasteiger partial charge in [-0.1, -0.05) is 0 Å². The number of nitrogens with one attached hydrogen (secondary N) is 1. The van der Waals surface area contributed by atoms with Crippen molar-refractivity contribution in [1.29, 1.82) is 0 Å². The second kappa shape index (κ2) is 8.28. The summed E-state index contributed by atoms with van der Waals surface area (Å²) in [6.07, 6.45) is 3.26. The predicted octanol–water partition coefficient (Wildman–Crippen LogP) is 3.72. The van der Waals surface area contributed by atoms with Gasteiger partial charge in [-0.15, -0.1) is 0 Å². The molecule has 1 N–H and O–H groups in total. The number of hydrogen-bond donors (Lipinski definition) is 1. The van der Waals surface area contributed by atoms with E-state index in [1.54, 1.807) is 10.8 Å². The van der Waals surface area contributed by atoms with Crippen molar-refractivity contribution in [3.63, 3.8) is 0 Å². The summed E-state index contributed by atoms with van der Waals surface area (Å²) < 4.78 is 34.0. The van der Waals surface area contributed by atoms with Crippen LogP contribution in [0.1, 0.15) is 5.56 Å². The zero-order valence-corrected chi connectivity index (χ0v) is 17.4. The Morgan fingerprint density at radius 1 is 0.935 bits per heavy atom. The molecule has 0 amide bonds. The standard InChI is InChI=1S/C23H25F2N5O/c1-16-6-19(11-20(7-16)28-2-4-29(5-3-28)22-13-31-14-22)27-23-12-30(15-26-23)21-9-17(24)8-18(25)10-21/h6-12,15,22,27H,2-5,13-14H2,1H3. The number of aromatic nitrogens is 2. The van der Waals surface area contributed by atoms with Crippen LogP contribution in [0.25, 0.3) is 5.69 Å². The van der Waals surface area contributed by atoms with E-state index in [1.165, 1.54) is 24.1 Å². The summed E-state index contributed by atoms with van der Waals surface area (Å²) in [5.74, 6) is -0.631. The van der Waals surface area contributed by atoms with Gasteiger partial charge < -0.3 is 19.5 Å². The van der Waals surface area contributed by atoms with Gasteiger partial charge in [0.1, 0.15) is 23.8 Å². The van der Waals surface area contributed by atoms with Crippen molar-refractivity contribution in [2.24, 2.45) is 0 Å². The van der Waals surface area contributed by atoms with Crippen LogP contribution in [-0.2, 0) is 4.74 Å². The Balaban J connectivity index is 1.29. The fourth-order valence-corrected chi connectivity index (χ4v) is 4.16. The van der Waals surface area contributed by atoms with Crippen LogP contribution < -0.4 is 10.2 Å². The number of aryl methyl sites for hydroxylation is 1. The number of piperazine rings is 1. The molecule has 162 valence electrons. The molecule has 5 rings (SSSR count). The lowest BCUT2D eigenvalue weighted by molar-refractivity contribution is -0.0660. The number of nitrogens with zero attached hydrogens (tertiary/aromatic N) is 4. The Morgan fingerprint density at radius 3 is 2.35 bits per heavy atom. The molecule has 3 heterocycles. The average molecular weight is 425 g/mol. The Morgan fingerprint density at radius 2 is 1.68 bits per heavy atom. The van der Waals surface area contributed by atoms with Crippen molar-refractivity contribution in [3.05, 3.63) is 66.1 Å². The van der Waals surface area contributed by atoms with Gasteiger partial charge in [0, 0.05) is 43.6 Å². The summed E-state index contributed by atoms with van der Waals surface area (Å²) in [4.78, 5) is 9.25. The Kier molecular flexibility index (Phi) is 5.33. The Hall–Kier alpha value is -2.97. The topological polar surface area (TPSA) is 45.6 Å². The molecule has 3 aromatic rings. The lowest BCUT2D eigenvalue weighted by Gasteiger charge is -2.43. The molecule has 2 aromatic carbocycles. The number of imidazole rings is 1. The minimum atomic E-state index is -0.619. The summed E-state index contributed by atoms with van der Waals surface area (Å²) in [5, 5.41) is 3.32. The van der Waals surface area contributed by atoms with Gasteiger partial charge >= 0.3 is 0 Å². The zero-order valence-electron chi connectivity index (χ0n) is 17.4. The first-order chi connectivity index (χ1) is 15.0. The molecule has 0 atom stereocenters. The van der Waals surface area contributed by atoms with Gasteiger partial charge in [-0.2, -0.15) is 0 Å². The van der Waals surface area contributed by atoms with Crippen molar-refractivity contribution in [2.45, 2.75) is 13.0 Å². The lowest BCUT2D eigenvalue weighted by Crippen LogP contribution is -2.56. The number of anilines is 3. The first kappa shape index (κ1) is 20.0. The second-order valence-electron chi connectivity index (χ2n) is 8.19. The quantitative estimate of drug-likeness (QED) is 0.675. The SMILES string of the molecule is Cc1cc(Nc2cn(-c3cc(F)cc(F)c3)cn2)cc(N2CCN(C3COC3)CC2)c1. The molecule has 0 radical (unpaired) electrons. The number of halogens is 2. The summed E-state index contributed by atoms with van der Waals surface area (Å²) in [7, 11) is 0. The maximum Gasteiger partial charge on any atom is 0.148 e. The summed E-state index contributed by atoms with van der Waals surface area (Å²) >= 11 is 0. The third-order valence-electron chi connectivity index (χ3n) is 5.88. The molecule has 8 heteroatoms. The predicted molar refractivity (Wildman–Crippen MR) is 116 cm³/mol. The highest BCUT2D eigenvalue weighted by molar-refractivity contribution is 5.65. The van der Waals surface area contributed by atoms with Gasteiger partial charge in [-0.25, -0.2) is 13.8 Å². The van der Waals surface area contributed by atoms with Gasteiger partial charge in [-0.05, 0) is 42.8 Å². The molecule has 0 bridgehead atoms. The summed E-state index contributed by atoms with van der Waals surface area (Å²) in [5.41, 5.74) is 3.65. The molecule has 0 saturated carbocycles. The number of hydrogen-bond acceptors (Lipinski definition) is 5. The highest BCUT2D eigenvalue weighted by atomic mass is 19.1. The first-order valence-corrected chi connectivity index (χ1v) is 10.5. The molecule has 0 unspecified atom stereocenters. The van der Waals surface area contributed by atoms with E-state index in [0.717, 1.165) is 56.7 Å². The fourth-order valence-electron chi connectivity index (χ4n) is 4.16. The highest BCUT2D eigenvalue weighted by Gasteiger charge is 2.29. The van der Waals surface area contributed by atoms with Gasteiger partial charge in [0.2, 0.25) is 0 Å². The van der Waals surface area contributed by atoms with E-state index in [9.17, 15) is 8.78 Å². The summed E-state index contributed by atoms with van der Waals surface area (Å²) in [6.45, 7) is 7.84. The van der Waals surface area contributed by atoms with Crippen molar-refractivity contribution in [3.8, 4) is 5.69 Å². The van der Waals surface area contributed by atoms with E-state index in [-0.39, 0.29) is 0 Å². The van der Waals surface area contributed by atoms with Gasteiger partial charge in [-0.3, -0.25) is 4.90 Å². The molecule has 0 aliphatic carbocycles. The van der Waals surface area contributed by atoms with Crippen LogP contribution in [0, 0.1) is 18.6 Å². The molecule has 0 spiro atoms. The van der Waals surface area contributed by atoms with Gasteiger partial charge in [0.15, 0.2) is 0 Å². The van der Waals surface area contributed by atoms with Crippen molar-refractivity contribution in [2.75, 3.05) is 49.6 Å². The van der Waals surface area contributed by atoms with Crippen molar-refractivity contribution >= 4 is 17.2 Å². The molecular formula is C23H25F2N5O. The minimum absolute atomic E-state index is 0.387. The van der Waals surface area contributed by atoms with Gasteiger partial charge in [0.05, 0.1) is 31.1 Å². The molecule has 2 aliphatic heterocycles. The van der Waals surface area contributed by atoms with E-state index < -0.39 is 11.6 Å². The third-order valence-corrected chi connectivity index (χ3v) is 5.88. The largest absolute Gasteiger partial charge is 0.378 e. The van der Waals surface area contributed by atoms with Crippen LogP contribution >= 0.6 is 0 Å². The second-order valence-corrected chi connectivity index (χ2v) is 8.19. The molecule has 2 aliphatic rings. The molecule has 6 nitrogen and oxygen atoms in total. The van der Waals surface area contributed by atoms with Crippen LogP contribution in [0.5, 0.6) is 0 Å². The van der Waals surface area contributed by atoms with E-state index in [2.05, 4.69) is 45.2 Å². The van der Waals surface area contributed by atoms with E-state index in [0.29, 0.717) is 17.5 Å². The van der Waals surface area contributed by atoms with E-state index in [1.807, 2.05) is 0 Å². The average Bonchev–Trinajstić information content (AvgIpc) is 3.14. The summed E-state index contributed by atoms with van der Waals surface area (Å²) in [6, 6.07) is 10.4. The van der Waals surface area contributed by atoms with Crippen molar-refractivity contribution in [1.82, 2.24) is 14.5 Å². The maximum absolute atomic E-state index is 13.5. The normalized spacial score (nSPS) is 17.6. The monoisotopic (exact) mass is 425 g/mol. The highest BCUT2D eigenvalue weighted by Crippen LogP contribution is 2.26. The third kappa shape index (κ3) is 4.40. The molecular weight excluding hydrogens is 400 g/mol. The molecule has 31 heavy (non-hydrogen) atoms. The van der Waals surface area contributed by atoms with E-state index >= 15 is 0 Å². The first-order valence-electron chi connectivity index (χ1n) is 10.5. The lowest BCUT2D eigenvalue weighted by atomic mass is 10.1. The van der Waals surface area contributed by atoms with Crippen LogP contribution in [0.2, 0.25) is 0 Å². The van der Waals surface area contributed by atoms with Crippen molar-refractivity contribution < 1.29 is 13.5 Å². The number of benzene rings is 2. The molecule has 2 fully saturated rings. The van der Waals surface area contributed by atoms with Crippen LogP contribution in [0.15, 0.2) is 48.9 Å². The maximum atomic E-state index is 13.5. The minimum Gasteiger partial charge on any atom is -0.378 e. The zero-order chi connectivity index (χ0) is 21.4. The molecule has 1 aromatic heterocycles.